The number of carbonyl (C=O) groups excluding carboxylic acids is 1. The Hall–Kier alpha value is -3.95. The predicted octanol–water partition coefficient (Wildman–Crippen LogP) is 6.55. The number of nitrogens with zero attached hydrogens (tertiary/aromatic N) is 1. The van der Waals surface area contributed by atoms with Gasteiger partial charge in [0.1, 0.15) is 22.6 Å². The summed E-state index contributed by atoms with van der Waals surface area (Å²) in [6.45, 7) is 0. The van der Waals surface area contributed by atoms with E-state index in [2.05, 4.69) is 26.6 Å². The molecule has 0 radical (unpaired) electrons. The number of halogens is 1. The summed E-state index contributed by atoms with van der Waals surface area (Å²) in [6, 6.07) is 22.5. The molecule has 0 spiro atoms. The fourth-order valence-electron chi connectivity index (χ4n) is 3.98. The molecule has 0 saturated carbocycles. The maximum atomic E-state index is 12.9. The van der Waals surface area contributed by atoms with Gasteiger partial charge >= 0.3 is 0 Å². The molecule has 0 saturated heterocycles. The summed E-state index contributed by atoms with van der Waals surface area (Å²) in [5.74, 6) is 0.831. The molecule has 0 bridgehead atoms. The van der Waals surface area contributed by atoms with E-state index in [1.807, 2.05) is 48.5 Å². The zero-order chi connectivity index (χ0) is 25.2. The summed E-state index contributed by atoms with van der Waals surface area (Å²) < 4.78 is 17.7. The SMILES string of the molecule is COc1cccc(OC)c1C(=O)NC(=S)Nc1ccc2oc(-c3cccc4c(Br)cccc34)nc2c1. The predicted molar refractivity (Wildman–Crippen MR) is 148 cm³/mol. The van der Waals surface area contributed by atoms with Crippen molar-refractivity contribution in [2.45, 2.75) is 0 Å². The fraction of sp³-hybridized carbons (Fsp3) is 0.0741. The van der Waals surface area contributed by atoms with Crippen molar-refractivity contribution in [1.82, 2.24) is 10.3 Å². The van der Waals surface area contributed by atoms with Gasteiger partial charge in [-0.05, 0) is 65.5 Å². The van der Waals surface area contributed by atoms with Gasteiger partial charge in [0.05, 0.1) is 14.2 Å². The molecular formula is C27H20BrN3O4S. The minimum absolute atomic E-state index is 0.120. The van der Waals surface area contributed by atoms with Gasteiger partial charge in [-0.3, -0.25) is 10.1 Å². The van der Waals surface area contributed by atoms with Crippen LogP contribution in [0.15, 0.2) is 81.7 Å². The van der Waals surface area contributed by atoms with Crippen LogP contribution in [0.2, 0.25) is 0 Å². The maximum Gasteiger partial charge on any atom is 0.264 e. The lowest BCUT2D eigenvalue weighted by molar-refractivity contribution is 0.0971. The highest BCUT2D eigenvalue weighted by atomic mass is 79.9. The number of aromatic nitrogens is 1. The number of nitrogens with one attached hydrogen (secondary N) is 2. The standard InChI is InChI=1S/C27H20BrN3O4S/c1-33-22-10-5-11-23(34-2)24(22)25(32)31-27(36)29-15-12-13-21-20(14-15)30-26(35-21)18-8-3-7-17-16(18)6-4-9-19(17)28/h3-14H,1-2H3,(H2,29,31,32,36). The molecule has 0 atom stereocenters. The summed E-state index contributed by atoms with van der Waals surface area (Å²) in [7, 11) is 2.97. The highest BCUT2D eigenvalue weighted by molar-refractivity contribution is 9.10. The van der Waals surface area contributed by atoms with E-state index < -0.39 is 5.91 Å². The fourth-order valence-corrected chi connectivity index (χ4v) is 4.69. The zero-order valence-electron chi connectivity index (χ0n) is 19.3. The number of ether oxygens (including phenoxy) is 2. The smallest absolute Gasteiger partial charge is 0.264 e. The average Bonchev–Trinajstić information content (AvgIpc) is 3.31. The van der Waals surface area contributed by atoms with Crippen LogP contribution in [-0.2, 0) is 0 Å². The van der Waals surface area contributed by atoms with E-state index in [0.29, 0.717) is 34.2 Å². The lowest BCUT2D eigenvalue weighted by Gasteiger charge is -2.14. The first-order valence-electron chi connectivity index (χ1n) is 10.9. The van der Waals surface area contributed by atoms with Crippen molar-refractivity contribution >= 4 is 66.7 Å². The molecule has 0 aliphatic carbocycles. The molecule has 5 aromatic rings. The van der Waals surface area contributed by atoms with Crippen LogP contribution in [0.25, 0.3) is 33.3 Å². The molecule has 0 aliphatic rings. The Balaban J connectivity index is 1.38. The molecule has 180 valence electrons. The molecule has 4 aromatic carbocycles. The van der Waals surface area contributed by atoms with Crippen LogP contribution >= 0.6 is 28.1 Å². The average molecular weight is 562 g/mol. The molecule has 1 aromatic heterocycles. The van der Waals surface area contributed by atoms with Crippen LogP contribution in [0, 0.1) is 0 Å². The first-order valence-corrected chi connectivity index (χ1v) is 12.1. The van der Waals surface area contributed by atoms with Crippen LogP contribution in [0.1, 0.15) is 10.4 Å². The molecule has 1 amide bonds. The van der Waals surface area contributed by atoms with Crippen molar-refractivity contribution in [3.8, 4) is 23.0 Å². The summed E-state index contributed by atoms with van der Waals surface area (Å²) in [5.41, 5.74) is 3.09. The minimum atomic E-state index is -0.450. The number of fused-ring (bicyclic) bond motifs is 2. The molecule has 9 heteroatoms. The molecule has 2 N–H and O–H groups in total. The molecule has 7 nitrogen and oxygen atoms in total. The van der Waals surface area contributed by atoms with E-state index in [-0.39, 0.29) is 10.7 Å². The van der Waals surface area contributed by atoms with E-state index in [0.717, 1.165) is 20.8 Å². The number of amides is 1. The van der Waals surface area contributed by atoms with Crippen LogP contribution in [0.4, 0.5) is 5.69 Å². The first-order chi connectivity index (χ1) is 17.5. The van der Waals surface area contributed by atoms with Crippen LogP contribution in [0.3, 0.4) is 0 Å². The summed E-state index contributed by atoms with van der Waals surface area (Å²) in [5, 5.41) is 7.93. The van der Waals surface area contributed by atoms with Crippen molar-refractivity contribution in [2.24, 2.45) is 0 Å². The van der Waals surface area contributed by atoms with Gasteiger partial charge in [-0.2, -0.15) is 0 Å². The number of carbonyl (C=O) groups is 1. The number of methoxy groups -OCH3 is 2. The normalized spacial score (nSPS) is 10.9. The van der Waals surface area contributed by atoms with E-state index in [1.54, 1.807) is 24.3 Å². The number of rotatable bonds is 5. The highest BCUT2D eigenvalue weighted by Gasteiger charge is 2.19. The Bertz CT molecular complexity index is 1610. The van der Waals surface area contributed by atoms with Gasteiger partial charge in [-0.1, -0.05) is 46.3 Å². The Morgan fingerprint density at radius 3 is 2.39 bits per heavy atom. The number of oxazole rings is 1. The van der Waals surface area contributed by atoms with Gasteiger partial charge in [-0.25, -0.2) is 4.98 Å². The van der Waals surface area contributed by atoms with Crippen LogP contribution in [-0.4, -0.2) is 30.2 Å². The van der Waals surface area contributed by atoms with Gasteiger partial charge < -0.3 is 19.2 Å². The zero-order valence-corrected chi connectivity index (χ0v) is 21.7. The third kappa shape index (κ3) is 4.50. The second kappa shape index (κ2) is 9.96. The Morgan fingerprint density at radius 1 is 0.944 bits per heavy atom. The number of hydrogen-bond donors (Lipinski definition) is 2. The molecule has 36 heavy (non-hydrogen) atoms. The Labute approximate surface area is 220 Å². The Morgan fingerprint density at radius 2 is 1.64 bits per heavy atom. The lowest BCUT2D eigenvalue weighted by Crippen LogP contribution is -2.34. The highest BCUT2D eigenvalue weighted by Crippen LogP contribution is 2.34. The van der Waals surface area contributed by atoms with Crippen molar-refractivity contribution in [3.63, 3.8) is 0 Å². The van der Waals surface area contributed by atoms with Gasteiger partial charge in [0, 0.05) is 15.7 Å². The first kappa shape index (κ1) is 23.8. The molecular weight excluding hydrogens is 542 g/mol. The molecule has 5 rings (SSSR count). The van der Waals surface area contributed by atoms with Crippen LogP contribution < -0.4 is 20.1 Å². The van der Waals surface area contributed by atoms with Gasteiger partial charge in [0.15, 0.2) is 10.7 Å². The third-order valence-corrected chi connectivity index (χ3v) is 6.52. The number of hydrogen-bond acceptors (Lipinski definition) is 6. The van der Waals surface area contributed by atoms with Gasteiger partial charge in [0.2, 0.25) is 5.89 Å². The molecule has 0 fully saturated rings. The van der Waals surface area contributed by atoms with Crippen molar-refractivity contribution in [3.05, 3.63) is 82.8 Å². The van der Waals surface area contributed by atoms with Crippen LogP contribution in [0.5, 0.6) is 11.5 Å². The quantitative estimate of drug-likeness (QED) is 0.235. The topological polar surface area (TPSA) is 85.6 Å². The second-order valence-electron chi connectivity index (χ2n) is 7.79. The summed E-state index contributed by atoms with van der Waals surface area (Å²) in [6.07, 6.45) is 0. The number of anilines is 1. The lowest BCUT2D eigenvalue weighted by atomic mass is 10.0. The minimum Gasteiger partial charge on any atom is -0.496 e. The maximum absolute atomic E-state index is 12.9. The van der Waals surface area contributed by atoms with E-state index >= 15 is 0 Å². The molecule has 1 heterocycles. The van der Waals surface area contributed by atoms with Crippen molar-refractivity contribution < 1.29 is 18.7 Å². The molecule has 0 aliphatic heterocycles. The molecule has 0 unspecified atom stereocenters. The number of thiocarbonyl (C=S) groups is 1. The Kier molecular flexibility index (Phi) is 6.58. The van der Waals surface area contributed by atoms with Gasteiger partial charge in [-0.15, -0.1) is 0 Å². The monoisotopic (exact) mass is 561 g/mol. The van der Waals surface area contributed by atoms with E-state index in [9.17, 15) is 4.79 Å². The number of benzene rings is 4. The van der Waals surface area contributed by atoms with E-state index in [1.165, 1.54) is 14.2 Å². The summed E-state index contributed by atoms with van der Waals surface area (Å²) in [4.78, 5) is 17.6. The van der Waals surface area contributed by atoms with E-state index in [4.69, 9.17) is 31.1 Å². The summed E-state index contributed by atoms with van der Waals surface area (Å²) >= 11 is 8.97. The van der Waals surface area contributed by atoms with Gasteiger partial charge in [0.25, 0.3) is 5.91 Å². The third-order valence-electron chi connectivity index (χ3n) is 5.63. The van der Waals surface area contributed by atoms with Crippen molar-refractivity contribution in [2.75, 3.05) is 19.5 Å². The van der Waals surface area contributed by atoms with Crippen molar-refractivity contribution in [1.29, 1.82) is 0 Å². The largest absolute Gasteiger partial charge is 0.496 e. The second-order valence-corrected chi connectivity index (χ2v) is 9.05.